The minimum atomic E-state index is -0.347. The first-order chi connectivity index (χ1) is 12.9. The summed E-state index contributed by atoms with van der Waals surface area (Å²) >= 11 is 0. The van der Waals surface area contributed by atoms with Gasteiger partial charge in [-0.25, -0.2) is 0 Å². The molecule has 2 aromatic rings. The minimum absolute atomic E-state index is 0. The zero-order valence-electron chi connectivity index (χ0n) is 15.4. The highest BCUT2D eigenvalue weighted by atomic mass is 35.5. The number of phenols is 2. The van der Waals surface area contributed by atoms with E-state index >= 15 is 0 Å². The molecule has 2 N–H and O–H groups in total. The number of carbonyl (C=O) groups is 2. The molecular formula is C21H21ClO6. The molecule has 0 radical (unpaired) electrons. The Morgan fingerprint density at radius 3 is 1.57 bits per heavy atom. The number of methoxy groups -OCH3 is 2. The number of ether oxygens (including phenoxy) is 2. The van der Waals surface area contributed by atoms with Crippen molar-refractivity contribution in [2.75, 3.05) is 14.2 Å². The molecule has 0 saturated carbocycles. The number of rotatable bonds is 8. The molecule has 2 aromatic carbocycles. The van der Waals surface area contributed by atoms with Crippen molar-refractivity contribution in [3.05, 3.63) is 59.7 Å². The summed E-state index contributed by atoms with van der Waals surface area (Å²) in [4.78, 5) is 23.9. The summed E-state index contributed by atoms with van der Waals surface area (Å²) in [5.41, 5.74) is 1.33. The minimum Gasteiger partial charge on any atom is -0.504 e. The van der Waals surface area contributed by atoms with Crippen molar-refractivity contribution in [3.8, 4) is 23.0 Å². The fraction of sp³-hybridized carbons (Fsp3) is 0.143. The molecule has 28 heavy (non-hydrogen) atoms. The van der Waals surface area contributed by atoms with Crippen LogP contribution in [0.5, 0.6) is 23.0 Å². The Morgan fingerprint density at radius 2 is 1.21 bits per heavy atom. The number of ketones is 2. The summed E-state index contributed by atoms with van der Waals surface area (Å²) < 4.78 is 10.00. The number of benzene rings is 2. The Bertz CT molecular complexity index is 828. The van der Waals surface area contributed by atoms with Gasteiger partial charge in [0.15, 0.2) is 34.6 Å². The molecule has 0 spiro atoms. The first-order valence-electron chi connectivity index (χ1n) is 8.08. The lowest BCUT2D eigenvalue weighted by Crippen LogP contribution is -2.01. The zero-order chi connectivity index (χ0) is 19.8. The normalized spacial score (nSPS) is 10.6. The average Bonchev–Trinajstić information content (AvgIpc) is 2.66. The van der Waals surface area contributed by atoms with Gasteiger partial charge in [0, 0.05) is 0 Å². The highest BCUT2D eigenvalue weighted by Gasteiger charge is 2.06. The van der Waals surface area contributed by atoms with Gasteiger partial charge in [-0.2, -0.15) is 0 Å². The van der Waals surface area contributed by atoms with E-state index in [1.54, 1.807) is 36.4 Å². The Kier molecular flexibility index (Phi) is 8.78. The van der Waals surface area contributed by atoms with Crippen LogP contribution in [-0.2, 0) is 9.59 Å². The molecule has 0 bridgehead atoms. The topological polar surface area (TPSA) is 93.1 Å². The van der Waals surface area contributed by atoms with Gasteiger partial charge in [0.05, 0.1) is 20.6 Å². The first-order valence-corrected chi connectivity index (χ1v) is 8.08. The molecule has 6 nitrogen and oxygen atoms in total. The fourth-order valence-electron chi connectivity index (χ4n) is 2.26. The van der Waals surface area contributed by atoms with Crippen molar-refractivity contribution in [2.45, 2.75) is 6.42 Å². The van der Waals surface area contributed by atoms with E-state index in [9.17, 15) is 19.8 Å². The molecule has 7 heteroatoms. The highest BCUT2D eigenvalue weighted by molar-refractivity contribution is 6.10. The number of phenolic OH excluding ortho intramolecular Hbond substituents is 2. The summed E-state index contributed by atoms with van der Waals surface area (Å²) in [6.07, 6.45) is 5.44. The van der Waals surface area contributed by atoms with Crippen LogP contribution in [0.3, 0.4) is 0 Å². The van der Waals surface area contributed by atoms with Crippen LogP contribution in [0.1, 0.15) is 17.5 Å². The van der Waals surface area contributed by atoms with Crippen LogP contribution < -0.4 is 9.47 Å². The number of halogens is 1. The third-order valence-corrected chi connectivity index (χ3v) is 3.68. The molecular weight excluding hydrogens is 384 g/mol. The third kappa shape index (κ3) is 6.48. The van der Waals surface area contributed by atoms with Gasteiger partial charge >= 0.3 is 0 Å². The van der Waals surface area contributed by atoms with Gasteiger partial charge < -0.3 is 19.7 Å². The van der Waals surface area contributed by atoms with Gasteiger partial charge in [0.25, 0.3) is 0 Å². The molecule has 148 valence electrons. The molecule has 0 atom stereocenters. The van der Waals surface area contributed by atoms with Gasteiger partial charge in [-0.1, -0.05) is 24.3 Å². The fourth-order valence-corrected chi connectivity index (χ4v) is 2.26. The van der Waals surface area contributed by atoms with Crippen LogP contribution in [0.2, 0.25) is 0 Å². The zero-order valence-corrected chi connectivity index (χ0v) is 16.2. The second-order valence-electron chi connectivity index (χ2n) is 5.64. The Balaban J connectivity index is 0.00000392. The van der Waals surface area contributed by atoms with Crippen molar-refractivity contribution in [1.82, 2.24) is 0 Å². The predicted molar refractivity (Wildman–Crippen MR) is 109 cm³/mol. The van der Waals surface area contributed by atoms with Crippen LogP contribution in [0.15, 0.2) is 48.6 Å². The van der Waals surface area contributed by atoms with Crippen LogP contribution in [-0.4, -0.2) is 36.0 Å². The lowest BCUT2D eigenvalue weighted by Gasteiger charge is -2.03. The van der Waals surface area contributed by atoms with Crippen LogP contribution in [0.25, 0.3) is 12.2 Å². The van der Waals surface area contributed by atoms with E-state index in [0.29, 0.717) is 22.6 Å². The monoisotopic (exact) mass is 404 g/mol. The standard InChI is InChI=1S/C21H20O6.ClH/c1-26-20-11-14(5-9-18(20)24)3-7-16(22)13-17(23)8-4-15-6-10-19(25)21(12-15)27-2;/h3-12,24-25H,13H2,1-2H3;1H/b7-3+,8-4+;. The molecule has 0 aliphatic rings. The van der Waals surface area contributed by atoms with E-state index in [4.69, 9.17) is 9.47 Å². The van der Waals surface area contributed by atoms with Gasteiger partial charge in [-0.15, -0.1) is 12.4 Å². The number of carbonyl (C=O) groups excluding carboxylic acids is 2. The van der Waals surface area contributed by atoms with Crippen LogP contribution in [0.4, 0.5) is 0 Å². The van der Waals surface area contributed by atoms with E-state index in [0.717, 1.165) is 0 Å². The van der Waals surface area contributed by atoms with Crippen molar-refractivity contribution < 1.29 is 29.3 Å². The number of aromatic hydroxyl groups is 2. The lowest BCUT2D eigenvalue weighted by atomic mass is 10.1. The number of hydrogen-bond donors (Lipinski definition) is 2. The van der Waals surface area contributed by atoms with E-state index in [1.165, 1.54) is 38.5 Å². The van der Waals surface area contributed by atoms with Crippen molar-refractivity contribution in [3.63, 3.8) is 0 Å². The van der Waals surface area contributed by atoms with E-state index in [1.807, 2.05) is 0 Å². The summed E-state index contributed by atoms with van der Waals surface area (Å²) in [7, 11) is 2.87. The van der Waals surface area contributed by atoms with Crippen LogP contribution in [0, 0.1) is 0 Å². The van der Waals surface area contributed by atoms with E-state index in [-0.39, 0.29) is 41.9 Å². The second-order valence-corrected chi connectivity index (χ2v) is 5.64. The van der Waals surface area contributed by atoms with E-state index < -0.39 is 0 Å². The maximum Gasteiger partial charge on any atom is 0.163 e. The Hall–Kier alpha value is -3.25. The summed E-state index contributed by atoms with van der Waals surface area (Å²) in [6.45, 7) is 0. The number of hydrogen-bond acceptors (Lipinski definition) is 6. The molecule has 0 aliphatic heterocycles. The summed E-state index contributed by atoms with van der Waals surface area (Å²) in [5.74, 6) is -0.0832. The molecule has 0 aromatic heterocycles. The smallest absolute Gasteiger partial charge is 0.163 e. The first kappa shape index (κ1) is 22.8. The summed E-state index contributed by atoms with van der Waals surface area (Å²) in [5, 5.41) is 19.1. The van der Waals surface area contributed by atoms with Gasteiger partial charge in [0.1, 0.15) is 0 Å². The van der Waals surface area contributed by atoms with Gasteiger partial charge in [-0.05, 0) is 47.5 Å². The molecule has 0 saturated heterocycles. The maximum atomic E-state index is 11.9. The quantitative estimate of drug-likeness (QED) is 0.513. The largest absolute Gasteiger partial charge is 0.504 e. The van der Waals surface area contributed by atoms with Crippen molar-refractivity contribution in [2.24, 2.45) is 0 Å². The average molecular weight is 405 g/mol. The summed E-state index contributed by atoms with van der Waals surface area (Å²) in [6, 6.07) is 9.34. The van der Waals surface area contributed by atoms with Crippen molar-refractivity contribution in [1.29, 1.82) is 0 Å². The molecule has 0 amide bonds. The van der Waals surface area contributed by atoms with Gasteiger partial charge in [-0.3, -0.25) is 9.59 Å². The molecule has 0 fully saturated rings. The van der Waals surface area contributed by atoms with Crippen molar-refractivity contribution >= 4 is 36.1 Å². The van der Waals surface area contributed by atoms with Gasteiger partial charge in [0.2, 0.25) is 0 Å². The molecule has 0 unspecified atom stereocenters. The Morgan fingerprint density at radius 1 is 0.821 bits per heavy atom. The second kappa shape index (κ2) is 10.8. The Labute approximate surface area is 169 Å². The molecule has 0 aliphatic carbocycles. The lowest BCUT2D eigenvalue weighted by molar-refractivity contribution is -0.121. The SMILES string of the molecule is COc1cc(/C=C/C(=O)CC(=O)/C=C/c2ccc(O)c(OC)c2)ccc1O.Cl. The molecule has 2 rings (SSSR count). The van der Waals surface area contributed by atoms with Crippen LogP contribution >= 0.6 is 12.4 Å². The predicted octanol–water partition coefficient (Wildman–Crippen LogP) is 3.79. The highest BCUT2D eigenvalue weighted by Crippen LogP contribution is 2.27. The number of allylic oxidation sites excluding steroid dienone is 2. The molecule has 0 heterocycles. The van der Waals surface area contributed by atoms with E-state index in [2.05, 4.69) is 0 Å². The third-order valence-electron chi connectivity index (χ3n) is 3.68. The maximum absolute atomic E-state index is 11.9.